The molecular weight excluding hydrogens is 332 g/mol. The number of hydrogen-bond donors (Lipinski definition) is 2. The van der Waals surface area contributed by atoms with E-state index in [1.54, 1.807) is 26.8 Å². The summed E-state index contributed by atoms with van der Waals surface area (Å²) in [5, 5.41) is 12.8. The Kier molecular flexibility index (Phi) is 4.27. The number of nitrogens with one attached hydrogen (secondary N) is 1. The average molecular weight is 356 g/mol. The van der Waals surface area contributed by atoms with E-state index in [-0.39, 0.29) is 5.91 Å². The Balaban J connectivity index is 2.01. The van der Waals surface area contributed by atoms with E-state index in [1.807, 2.05) is 36.4 Å². The summed E-state index contributed by atoms with van der Waals surface area (Å²) < 4.78 is 0. The summed E-state index contributed by atoms with van der Waals surface area (Å²) in [6, 6.07) is 9.02. The number of carbonyl (C=O) groups excluding carboxylic acids is 2. The minimum Gasteiger partial charge on any atom is -0.480 e. The Morgan fingerprint density at radius 3 is 2.35 bits per heavy atom. The molecule has 138 valence electrons. The van der Waals surface area contributed by atoms with Gasteiger partial charge in [0.05, 0.1) is 11.8 Å². The van der Waals surface area contributed by atoms with Gasteiger partial charge in [-0.3, -0.25) is 24.6 Å². The lowest BCUT2D eigenvalue weighted by atomic mass is 9.81. The second kappa shape index (κ2) is 6.06. The van der Waals surface area contributed by atoms with E-state index in [4.69, 9.17) is 0 Å². The van der Waals surface area contributed by atoms with Crippen molar-refractivity contribution in [2.24, 2.45) is 11.8 Å². The Hall–Kier alpha value is -2.47. The first-order valence-electron chi connectivity index (χ1n) is 8.69. The summed E-state index contributed by atoms with van der Waals surface area (Å²) in [4.78, 5) is 39.1. The third-order valence-electron chi connectivity index (χ3n) is 5.24. The van der Waals surface area contributed by atoms with Crippen LogP contribution in [0.15, 0.2) is 36.4 Å². The number of carboxylic acids is 1. The van der Waals surface area contributed by atoms with Gasteiger partial charge in [-0.05, 0) is 33.3 Å². The molecule has 2 amide bonds. The SMILES string of the molecule is CC1(C(=O)O)NC(/C=C/c2ccccc2)C2C(=O)N(C(C)(C)C)C(=O)C21. The van der Waals surface area contributed by atoms with Crippen molar-refractivity contribution in [1.82, 2.24) is 10.2 Å². The van der Waals surface area contributed by atoms with Crippen LogP contribution in [0.2, 0.25) is 0 Å². The van der Waals surface area contributed by atoms with Crippen molar-refractivity contribution in [3.8, 4) is 0 Å². The van der Waals surface area contributed by atoms with Gasteiger partial charge < -0.3 is 5.11 Å². The van der Waals surface area contributed by atoms with Crippen LogP contribution in [0.25, 0.3) is 6.08 Å². The summed E-state index contributed by atoms with van der Waals surface area (Å²) in [6.45, 7) is 6.83. The highest BCUT2D eigenvalue weighted by atomic mass is 16.4. The van der Waals surface area contributed by atoms with Crippen LogP contribution >= 0.6 is 0 Å². The number of benzene rings is 1. The van der Waals surface area contributed by atoms with Gasteiger partial charge in [-0.25, -0.2) is 0 Å². The molecule has 6 heteroatoms. The first-order valence-corrected chi connectivity index (χ1v) is 8.69. The topological polar surface area (TPSA) is 86.7 Å². The summed E-state index contributed by atoms with van der Waals surface area (Å²) >= 11 is 0. The van der Waals surface area contributed by atoms with Crippen LogP contribution in [-0.4, -0.2) is 44.9 Å². The van der Waals surface area contributed by atoms with Gasteiger partial charge in [0, 0.05) is 11.6 Å². The molecule has 1 aromatic carbocycles. The molecule has 2 aliphatic rings. The number of fused-ring (bicyclic) bond motifs is 1. The van der Waals surface area contributed by atoms with E-state index in [0.717, 1.165) is 5.56 Å². The molecule has 2 heterocycles. The molecule has 2 saturated heterocycles. The monoisotopic (exact) mass is 356 g/mol. The Morgan fingerprint density at radius 2 is 1.81 bits per heavy atom. The fourth-order valence-corrected chi connectivity index (χ4v) is 3.99. The van der Waals surface area contributed by atoms with E-state index in [9.17, 15) is 19.5 Å². The van der Waals surface area contributed by atoms with Crippen LogP contribution in [0.4, 0.5) is 0 Å². The summed E-state index contributed by atoms with van der Waals surface area (Å²) in [5.41, 5.74) is -1.23. The second-order valence-electron chi connectivity index (χ2n) is 8.13. The van der Waals surface area contributed by atoms with Gasteiger partial charge in [0.15, 0.2) is 0 Å². The highest BCUT2D eigenvalue weighted by Crippen LogP contribution is 2.45. The predicted octanol–water partition coefficient (Wildman–Crippen LogP) is 1.91. The molecule has 0 radical (unpaired) electrons. The molecule has 6 nitrogen and oxygen atoms in total. The summed E-state index contributed by atoms with van der Waals surface area (Å²) in [6.07, 6.45) is 3.64. The molecule has 2 N–H and O–H groups in total. The van der Waals surface area contributed by atoms with Crippen molar-refractivity contribution < 1.29 is 19.5 Å². The Bertz CT molecular complexity index is 781. The number of hydrogen-bond acceptors (Lipinski definition) is 4. The molecule has 0 saturated carbocycles. The smallest absolute Gasteiger partial charge is 0.324 e. The molecule has 4 atom stereocenters. The van der Waals surface area contributed by atoms with E-state index in [2.05, 4.69) is 5.32 Å². The van der Waals surface area contributed by atoms with Gasteiger partial charge in [0.1, 0.15) is 5.54 Å². The number of amides is 2. The van der Waals surface area contributed by atoms with Gasteiger partial charge in [0.2, 0.25) is 11.8 Å². The van der Waals surface area contributed by atoms with E-state index < -0.39 is 40.8 Å². The van der Waals surface area contributed by atoms with Crippen molar-refractivity contribution in [2.75, 3.05) is 0 Å². The molecule has 0 aromatic heterocycles. The highest BCUT2D eigenvalue weighted by molar-refractivity contribution is 6.10. The van der Waals surface area contributed by atoms with Crippen LogP contribution in [0.5, 0.6) is 0 Å². The molecule has 2 aliphatic heterocycles. The Morgan fingerprint density at radius 1 is 1.19 bits per heavy atom. The third kappa shape index (κ3) is 2.74. The zero-order valence-electron chi connectivity index (χ0n) is 15.4. The number of aliphatic carboxylic acids is 1. The molecule has 0 bridgehead atoms. The minimum atomic E-state index is -1.48. The van der Waals surface area contributed by atoms with Crippen molar-refractivity contribution in [1.29, 1.82) is 0 Å². The molecule has 26 heavy (non-hydrogen) atoms. The van der Waals surface area contributed by atoms with Crippen LogP contribution in [0.3, 0.4) is 0 Å². The van der Waals surface area contributed by atoms with Gasteiger partial charge in [-0.2, -0.15) is 0 Å². The molecule has 1 aromatic rings. The highest BCUT2D eigenvalue weighted by Gasteiger charge is 2.67. The number of carbonyl (C=O) groups is 3. The van der Waals surface area contributed by atoms with Crippen LogP contribution in [-0.2, 0) is 14.4 Å². The first kappa shape index (κ1) is 18.3. The summed E-state index contributed by atoms with van der Waals surface area (Å²) in [5.74, 6) is -3.49. The van der Waals surface area contributed by atoms with Gasteiger partial charge >= 0.3 is 5.97 Å². The van der Waals surface area contributed by atoms with Crippen LogP contribution in [0.1, 0.15) is 33.3 Å². The molecule has 2 fully saturated rings. The van der Waals surface area contributed by atoms with Crippen molar-refractivity contribution >= 4 is 23.9 Å². The normalized spacial score (nSPS) is 31.7. The third-order valence-corrected chi connectivity index (χ3v) is 5.24. The number of carboxylic acid groups (broad SMARTS) is 1. The molecule has 0 spiro atoms. The van der Waals surface area contributed by atoms with Gasteiger partial charge in [0.25, 0.3) is 0 Å². The minimum absolute atomic E-state index is 0.312. The van der Waals surface area contributed by atoms with Crippen molar-refractivity contribution in [2.45, 2.75) is 44.8 Å². The number of imide groups is 1. The predicted molar refractivity (Wildman–Crippen MR) is 97.0 cm³/mol. The van der Waals surface area contributed by atoms with Crippen LogP contribution in [0, 0.1) is 11.8 Å². The van der Waals surface area contributed by atoms with E-state index in [1.165, 1.54) is 11.8 Å². The lowest BCUT2D eigenvalue weighted by molar-refractivity contribution is -0.152. The lowest BCUT2D eigenvalue weighted by Crippen LogP contribution is -2.56. The largest absolute Gasteiger partial charge is 0.480 e. The van der Waals surface area contributed by atoms with Crippen molar-refractivity contribution in [3.63, 3.8) is 0 Å². The van der Waals surface area contributed by atoms with E-state index in [0.29, 0.717) is 0 Å². The number of rotatable bonds is 3. The van der Waals surface area contributed by atoms with Crippen molar-refractivity contribution in [3.05, 3.63) is 42.0 Å². The lowest BCUT2D eigenvalue weighted by Gasteiger charge is -2.33. The molecule has 0 aliphatic carbocycles. The zero-order valence-corrected chi connectivity index (χ0v) is 15.4. The fraction of sp³-hybridized carbons (Fsp3) is 0.450. The van der Waals surface area contributed by atoms with Gasteiger partial charge in [-0.15, -0.1) is 0 Å². The van der Waals surface area contributed by atoms with E-state index >= 15 is 0 Å². The Labute approximate surface area is 152 Å². The fourth-order valence-electron chi connectivity index (χ4n) is 3.99. The molecule has 3 rings (SSSR count). The maximum Gasteiger partial charge on any atom is 0.324 e. The zero-order chi connectivity index (χ0) is 19.3. The molecule has 4 unspecified atom stereocenters. The standard InChI is InChI=1S/C20H24N2O4/c1-19(2,3)22-16(23)14-13(11-10-12-8-6-5-7-9-12)21-20(4,18(25)26)15(14)17(22)24/h5-11,13-15,21H,1-4H3,(H,25,26)/b11-10+. The van der Waals surface area contributed by atoms with Crippen LogP contribution < -0.4 is 5.32 Å². The average Bonchev–Trinajstić information content (AvgIpc) is 3.01. The second-order valence-corrected chi connectivity index (χ2v) is 8.13. The number of nitrogens with zero attached hydrogens (tertiary/aromatic N) is 1. The van der Waals surface area contributed by atoms with Gasteiger partial charge in [-0.1, -0.05) is 42.5 Å². The maximum atomic E-state index is 13.0. The first-order chi connectivity index (χ1) is 12.1. The summed E-state index contributed by atoms with van der Waals surface area (Å²) in [7, 11) is 0. The number of likely N-dealkylation sites (tertiary alicyclic amines) is 1. The quantitative estimate of drug-likeness (QED) is 0.808. The maximum absolute atomic E-state index is 13.0. The molecular formula is C20H24N2O4.